The number of hydrogen-bond donors (Lipinski definition) is 1. The predicted octanol–water partition coefficient (Wildman–Crippen LogP) is 0.570. The van der Waals surface area contributed by atoms with Crippen LogP contribution in [0, 0.1) is 0 Å². The van der Waals surface area contributed by atoms with E-state index in [-0.39, 0.29) is 0 Å². The third-order valence-corrected chi connectivity index (χ3v) is 1.88. The number of hydrogen-bond acceptors (Lipinski definition) is 5. The second kappa shape index (κ2) is 5.04. The summed E-state index contributed by atoms with van der Waals surface area (Å²) in [5, 5.41) is 10.7. The van der Waals surface area contributed by atoms with Gasteiger partial charge in [-0.3, -0.25) is 4.68 Å². The van der Waals surface area contributed by atoms with Gasteiger partial charge in [0.25, 0.3) is 0 Å². The van der Waals surface area contributed by atoms with E-state index in [1.54, 1.807) is 29.3 Å². The molecule has 15 heavy (non-hydrogen) atoms. The monoisotopic (exact) mass is 204 g/mol. The van der Waals surface area contributed by atoms with Crippen molar-refractivity contribution in [3.05, 3.63) is 30.9 Å². The minimum absolute atomic E-state index is 0.663. The summed E-state index contributed by atoms with van der Waals surface area (Å²) >= 11 is 0. The summed E-state index contributed by atoms with van der Waals surface area (Å²) in [6.07, 6.45) is 7.91. The smallest absolute Gasteiger partial charge is 0.222 e. The summed E-state index contributed by atoms with van der Waals surface area (Å²) in [7, 11) is 0. The van der Waals surface area contributed by atoms with Gasteiger partial charge in [0.1, 0.15) is 0 Å². The molecule has 6 heteroatoms. The zero-order valence-corrected chi connectivity index (χ0v) is 8.24. The van der Waals surface area contributed by atoms with Crippen LogP contribution in [0.5, 0.6) is 0 Å². The first kappa shape index (κ1) is 9.57. The number of anilines is 1. The van der Waals surface area contributed by atoms with Gasteiger partial charge in [0.15, 0.2) is 0 Å². The topological polar surface area (TPSA) is 68.5 Å². The normalized spacial score (nSPS) is 10.1. The molecule has 2 rings (SSSR count). The third kappa shape index (κ3) is 3.01. The molecule has 0 radical (unpaired) electrons. The summed E-state index contributed by atoms with van der Waals surface area (Å²) in [5.41, 5.74) is 0. The Labute approximate surface area is 87.4 Å². The van der Waals surface area contributed by atoms with Crippen molar-refractivity contribution in [2.75, 3.05) is 11.9 Å². The van der Waals surface area contributed by atoms with E-state index in [1.807, 2.05) is 6.20 Å². The molecule has 1 N–H and O–H groups in total. The maximum Gasteiger partial charge on any atom is 0.222 e. The van der Waals surface area contributed by atoms with Crippen molar-refractivity contribution in [3.63, 3.8) is 0 Å². The fourth-order valence-corrected chi connectivity index (χ4v) is 1.18. The Hall–Kier alpha value is -1.98. The SMILES string of the molecule is c1cnc(NCCCn2ccnn2)nc1. The van der Waals surface area contributed by atoms with Crippen LogP contribution in [-0.4, -0.2) is 31.5 Å². The number of rotatable bonds is 5. The summed E-state index contributed by atoms with van der Waals surface area (Å²) in [6, 6.07) is 1.79. The fourth-order valence-electron chi connectivity index (χ4n) is 1.18. The molecule has 78 valence electrons. The lowest BCUT2D eigenvalue weighted by Gasteiger charge is -2.03. The van der Waals surface area contributed by atoms with Crippen LogP contribution >= 0.6 is 0 Å². The molecule has 0 aromatic carbocycles. The Bertz CT molecular complexity index is 371. The highest BCUT2D eigenvalue weighted by Gasteiger charge is 1.94. The fraction of sp³-hybridized carbons (Fsp3) is 0.333. The Balaban J connectivity index is 1.68. The maximum atomic E-state index is 4.06. The van der Waals surface area contributed by atoms with Gasteiger partial charge in [-0.25, -0.2) is 9.97 Å². The van der Waals surface area contributed by atoms with Crippen LogP contribution in [0.25, 0.3) is 0 Å². The van der Waals surface area contributed by atoms with Gasteiger partial charge in [-0.05, 0) is 12.5 Å². The largest absolute Gasteiger partial charge is 0.354 e. The Kier molecular flexibility index (Phi) is 3.22. The standard InChI is InChI=1S/C9H12N6/c1-3-10-9(11-4-1)12-5-2-7-15-8-6-13-14-15/h1,3-4,6,8H,2,5,7H2,(H,10,11,12). The van der Waals surface area contributed by atoms with Crippen molar-refractivity contribution in [2.24, 2.45) is 0 Å². The van der Waals surface area contributed by atoms with Crippen molar-refractivity contribution in [2.45, 2.75) is 13.0 Å². The van der Waals surface area contributed by atoms with Gasteiger partial charge in [-0.15, -0.1) is 5.10 Å². The van der Waals surface area contributed by atoms with Crippen molar-refractivity contribution in [1.29, 1.82) is 0 Å². The molecule has 0 unspecified atom stereocenters. The first-order chi connectivity index (χ1) is 7.45. The lowest BCUT2D eigenvalue weighted by atomic mass is 10.4. The van der Waals surface area contributed by atoms with E-state index in [0.29, 0.717) is 5.95 Å². The highest BCUT2D eigenvalue weighted by Crippen LogP contribution is 1.94. The van der Waals surface area contributed by atoms with Crippen molar-refractivity contribution in [3.8, 4) is 0 Å². The Morgan fingerprint density at radius 2 is 2.07 bits per heavy atom. The van der Waals surface area contributed by atoms with Gasteiger partial charge in [-0.2, -0.15) is 0 Å². The average Bonchev–Trinajstić information content (AvgIpc) is 2.79. The van der Waals surface area contributed by atoms with E-state index in [9.17, 15) is 0 Å². The minimum Gasteiger partial charge on any atom is -0.354 e. The number of nitrogens with zero attached hydrogens (tertiary/aromatic N) is 5. The molecule has 0 spiro atoms. The lowest BCUT2D eigenvalue weighted by molar-refractivity contribution is 0.569. The molecule has 0 fully saturated rings. The molecular formula is C9H12N6. The second-order valence-electron chi connectivity index (χ2n) is 3.02. The van der Waals surface area contributed by atoms with E-state index >= 15 is 0 Å². The van der Waals surface area contributed by atoms with Gasteiger partial charge < -0.3 is 5.32 Å². The molecule has 2 aromatic rings. The lowest BCUT2D eigenvalue weighted by Crippen LogP contribution is -2.08. The van der Waals surface area contributed by atoms with Crippen molar-refractivity contribution in [1.82, 2.24) is 25.0 Å². The van der Waals surface area contributed by atoms with Crippen LogP contribution in [-0.2, 0) is 6.54 Å². The number of aromatic nitrogens is 5. The molecule has 2 heterocycles. The van der Waals surface area contributed by atoms with Crippen LogP contribution < -0.4 is 5.32 Å². The van der Waals surface area contributed by atoms with Crippen molar-refractivity contribution < 1.29 is 0 Å². The van der Waals surface area contributed by atoms with Gasteiger partial charge in [-0.1, -0.05) is 5.21 Å². The Morgan fingerprint density at radius 3 is 2.80 bits per heavy atom. The first-order valence-electron chi connectivity index (χ1n) is 4.80. The molecule has 6 nitrogen and oxygen atoms in total. The van der Waals surface area contributed by atoms with Gasteiger partial charge in [0.05, 0.1) is 6.20 Å². The molecule has 0 amide bonds. The van der Waals surface area contributed by atoms with E-state index in [1.165, 1.54) is 0 Å². The molecule has 0 aliphatic rings. The second-order valence-corrected chi connectivity index (χ2v) is 3.02. The third-order valence-electron chi connectivity index (χ3n) is 1.88. The summed E-state index contributed by atoms with van der Waals surface area (Å²) in [4.78, 5) is 8.11. The van der Waals surface area contributed by atoms with Gasteiger partial charge in [0, 0.05) is 31.7 Å². The highest BCUT2D eigenvalue weighted by molar-refractivity contribution is 5.21. The zero-order chi connectivity index (χ0) is 10.3. The summed E-state index contributed by atoms with van der Waals surface area (Å²) in [6.45, 7) is 1.67. The van der Waals surface area contributed by atoms with E-state index < -0.39 is 0 Å². The quantitative estimate of drug-likeness (QED) is 0.721. The minimum atomic E-state index is 0.663. The number of nitrogens with one attached hydrogen (secondary N) is 1. The van der Waals surface area contributed by atoms with Crippen molar-refractivity contribution >= 4 is 5.95 Å². The summed E-state index contributed by atoms with van der Waals surface area (Å²) < 4.78 is 1.80. The van der Waals surface area contributed by atoms with Gasteiger partial charge in [0.2, 0.25) is 5.95 Å². The first-order valence-corrected chi connectivity index (χ1v) is 4.80. The zero-order valence-electron chi connectivity index (χ0n) is 8.24. The van der Waals surface area contributed by atoms with Gasteiger partial charge >= 0.3 is 0 Å². The number of aryl methyl sites for hydroxylation is 1. The van der Waals surface area contributed by atoms with Crippen LogP contribution in [0.2, 0.25) is 0 Å². The van der Waals surface area contributed by atoms with E-state index in [0.717, 1.165) is 19.5 Å². The molecule has 0 bridgehead atoms. The molecule has 0 aliphatic carbocycles. The molecule has 0 saturated carbocycles. The molecule has 0 aliphatic heterocycles. The van der Waals surface area contributed by atoms with E-state index in [4.69, 9.17) is 0 Å². The molecular weight excluding hydrogens is 192 g/mol. The molecule has 0 saturated heterocycles. The maximum absolute atomic E-state index is 4.06. The van der Waals surface area contributed by atoms with E-state index in [2.05, 4.69) is 25.6 Å². The highest BCUT2D eigenvalue weighted by atomic mass is 15.4. The Morgan fingerprint density at radius 1 is 1.20 bits per heavy atom. The predicted molar refractivity (Wildman–Crippen MR) is 55.2 cm³/mol. The molecule has 2 aromatic heterocycles. The molecule has 0 atom stereocenters. The van der Waals surface area contributed by atoms with Crippen LogP contribution in [0.1, 0.15) is 6.42 Å². The summed E-state index contributed by atoms with van der Waals surface area (Å²) in [5.74, 6) is 0.663. The van der Waals surface area contributed by atoms with Crippen LogP contribution in [0.15, 0.2) is 30.9 Å². The van der Waals surface area contributed by atoms with Crippen LogP contribution in [0.3, 0.4) is 0 Å². The average molecular weight is 204 g/mol. The van der Waals surface area contributed by atoms with Crippen LogP contribution in [0.4, 0.5) is 5.95 Å².